The minimum absolute atomic E-state index is 0.769. The van der Waals surface area contributed by atoms with Gasteiger partial charge in [0.25, 0.3) is 0 Å². The van der Waals surface area contributed by atoms with Gasteiger partial charge in [0, 0.05) is 6.20 Å². The number of fused-ring (bicyclic) bond motifs is 1. The van der Waals surface area contributed by atoms with Gasteiger partial charge < -0.3 is 0 Å². The van der Waals surface area contributed by atoms with E-state index in [4.69, 9.17) is 0 Å². The van der Waals surface area contributed by atoms with Crippen LogP contribution in [-0.2, 0) is 0 Å². The van der Waals surface area contributed by atoms with Gasteiger partial charge in [0.2, 0.25) is 0 Å². The van der Waals surface area contributed by atoms with Gasteiger partial charge in [-0.05, 0) is 22.9 Å². The second-order valence-corrected chi connectivity index (χ2v) is 3.00. The van der Waals surface area contributed by atoms with Gasteiger partial charge in [-0.15, -0.1) is 10.2 Å². The van der Waals surface area contributed by atoms with Crippen molar-refractivity contribution in [2.24, 2.45) is 0 Å². The third-order valence-corrected chi connectivity index (χ3v) is 1.84. The van der Waals surface area contributed by atoms with Crippen molar-refractivity contribution >= 4 is 21.6 Å². The molecule has 0 amide bonds. The Morgan fingerprint density at radius 3 is 3.09 bits per heavy atom. The first kappa shape index (κ1) is 6.72. The summed E-state index contributed by atoms with van der Waals surface area (Å²) < 4.78 is 2.66. The molecule has 2 aromatic heterocycles. The Labute approximate surface area is 71.4 Å². The smallest absolute Gasteiger partial charge is 0.179 e. The maximum absolute atomic E-state index is 4.01. The fourth-order valence-electron chi connectivity index (χ4n) is 0.893. The average molecular weight is 213 g/mol. The van der Waals surface area contributed by atoms with Gasteiger partial charge in [-0.1, -0.05) is 0 Å². The van der Waals surface area contributed by atoms with Gasteiger partial charge in [0.05, 0.1) is 6.20 Å². The number of hydrogen-bond acceptors (Lipinski definition) is 3. The summed E-state index contributed by atoms with van der Waals surface area (Å²) >= 11 is 3.26. The molecule has 2 heterocycles. The molecule has 0 spiro atoms. The Kier molecular flexibility index (Phi) is 1.38. The Morgan fingerprint density at radius 1 is 1.45 bits per heavy atom. The van der Waals surface area contributed by atoms with Crippen molar-refractivity contribution in [3.63, 3.8) is 0 Å². The predicted molar refractivity (Wildman–Crippen MR) is 43.2 cm³/mol. The van der Waals surface area contributed by atoms with Gasteiger partial charge >= 0.3 is 0 Å². The van der Waals surface area contributed by atoms with Crippen LogP contribution in [0.25, 0.3) is 5.65 Å². The van der Waals surface area contributed by atoms with E-state index in [-0.39, 0.29) is 0 Å². The minimum atomic E-state index is 0.769. The van der Waals surface area contributed by atoms with E-state index in [1.807, 2.05) is 17.5 Å². The van der Waals surface area contributed by atoms with Crippen LogP contribution in [0.5, 0.6) is 0 Å². The summed E-state index contributed by atoms with van der Waals surface area (Å²) in [5.41, 5.74) is 0.769. The SMILES string of the molecule is Cc1nnc2cnc(Br)cn12. The number of rotatable bonds is 0. The van der Waals surface area contributed by atoms with E-state index in [1.54, 1.807) is 6.20 Å². The first-order chi connectivity index (χ1) is 5.27. The summed E-state index contributed by atoms with van der Waals surface area (Å²) in [5, 5.41) is 7.78. The molecule has 0 saturated carbocycles. The highest BCUT2D eigenvalue weighted by atomic mass is 79.9. The lowest BCUT2D eigenvalue weighted by Gasteiger charge is -1.92. The second-order valence-electron chi connectivity index (χ2n) is 2.19. The quantitative estimate of drug-likeness (QED) is 0.660. The molecule has 2 aromatic rings. The van der Waals surface area contributed by atoms with E-state index in [0.717, 1.165) is 16.1 Å². The van der Waals surface area contributed by atoms with Crippen molar-refractivity contribution in [1.82, 2.24) is 19.6 Å². The van der Waals surface area contributed by atoms with Crippen LogP contribution in [0.2, 0.25) is 0 Å². The van der Waals surface area contributed by atoms with Crippen LogP contribution in [-0.4, -0.2) is 19.6 Å². The molecule has 0 aliphatic heterocycles. The highest BCUT2D eigenvalue weighted by Gasteiger charge is 1.99. The Morgan fingerprint density at radius 2 is 2.27 bits per heavy atom. The largest absolute Gasteiger partial charge is 0.283 e. The van der Waals surface area contributed by atoms with Crippen molar-refractivity contribution < 1.29 is 0 Å². The van der Waals surface area contributed by atoms with Gasteiger partial charge in [0.15, 0.2) is 5.65 Å². The summed E-state index contributed by atoms with van der Waals surface area (Å²) in [6, 6.07) is 0. The number of nitrogens with zero attached hydrogens (tertiary/aromatic N) is 4. The summed E-state index contributed by atoms with van der Waals surface area (Å²) in [6.07, 6.45) is 3.51. The minimum Gasteiger partial charge on any atom is -0.283 e. The van der Waals surface area contributed by atoms with Crippen LogP contribution < -0.4 is 0 Å². The molecule has 4 nitrogen and oxygen atoms in total. The van der Waals surface area contributed by atoms with Crippen LogP contribution in [0, 0.1) is 6.92 Å². The highest BCUT2D eigenvalue weighted by Crippen LogP contribution is 2.07. The zero-order valence-electron chi connectivity index (χ0n) is 5.82. The zero-order valence-corrected chi connectivity index (χ0v) is 7.41. The van der Waals surface area contributed by atoms with Crippen molar-refractivity contribution in [1.29, 1.82) is 0 Å². The summed E-state index contributed by atoms with van der Waals surface area (Å²) in [7, 11) is 0. The fourth-order valence-corrected chi connectivity index (χ4v) is 1.20. The van der Waals surface area contributed by atoms with Crippen molar-refractivity contribution in [2.75, 3.05) is 0 Å². The summed E-state index contributed by atoms with van der Waals surface area (Å²) in [4.78, 5) is 4.01. The molecule has 0 bridgehead atoms. The van der Waals surface area contributed by atoms with Gasteiger partial charge in [-0.2, -0.15) is 0 Å². The maximum atomic E-state index is 4.01. The lowest BCUT2D eigenvalue weighted by atomic mass is 10.6. The fraction of sp³-hybridized carbons (Fsp3) is 0.167. The maximum Gasteiger partial charge on any atom is 0.179 e. The third kappa shape index (κ3) is 1.01. The second kappa shape index (κ2) is 2.27. The molecular formula is C6H5BrN4. The number of aryl methyl sites for hydroxylation is 1. The topological polar surface area (TPSA) is 43.1 Å². The van der Waals surface area contributed by atoms with Gasteiger partial charge in [0.1, 0.15) is 10.4 Å². The van der Waals surface area contributed by atoms with E-state index >= 15 is 0 Å². The van der Waals surface area contributed by atoms with Crippen LogP contribution >= 0.6 is 15.9 Å². The molecule has 0 fully saturated rings. The molecule has 2 rings (SSSR count). The van der Waals surface area contributed by atoms with Gasteiger partial charge in [-0.25, -0.2) is 4.98 Å². The molecular weight excluding hydrogens is 208 g/mol. The normalized spacial score (nSPS) is 10.7. The zero-order chi connectivity index (χ0) is 7.84. The molecule has 0 atom stereocenters. The average Bonchev–Trinajstić information content (AvgIpc) is 2.33. The lowest BCUT2D eigenvalue weighted by Crippen LogP contribution is -1.88. The van der Waals surface area contributed by atoms with Crippen molar-refractivity contribution in [3.05, 3.63) is 22.8 Å². The molecule has 0 aromatic carbocycles. The monoisotopic (exact) mass is 212 g/mol. The van der Waals surface area contributed by atoms with Crippen LogP contribution in [0.3, 0.4) is 0 Å². The van der Waals surface area contributed by atoms with E-state index in [2.05, 4.69) is 31.1 Å². The third-order valence-electron chi connectivity index (χ3n) is 1.43. The summed E-state index contributed by atoms with van der Waals surface area (Å²) in [5.74, 6) is 0.864. The van der Waals surface area contributed by atoms with E-state index in [9.17, 15) is 0 Å². The van der Waals surface area contributed by atoms with Crippen molar-refractivity contribution in [3.8, 4) is 0 Å². The molecule has 0 N–H and O–H groups in total. The Bertz CT molecular complexity index is 394. The van der Waals surface area contributed by atoms with Crippen LogP contribution in [0.1, 0.15) is 5.82 Å². The van der Waals surface area contributed by atoms with Crippen LogP contribution in [0.4, 0.5) is 0 Å². The lowest BCUT2D eigenvalue weighted by molar-refractivity contribution is 0.996. The molecule has 0 unspecified atom stereocenters. The summed E-state index contributed by atoms with van der Waals surface area (Å²) in [6.45, 7) is 1.90. The predicted octanol–water partition coefficient (Wildman–Crippen LogP) is 1.20. The molecule has 5 heteroatoms. The Hall–Kier alpha value is -0.970. The molecule has 0 aliphatic carbocycles. The first-order valence-electron chi connectivity index (χ1n) is 3.10. The molecule has 11 heavy (non-hydrogen) atoms. The van der Waals surface area contributed by atoms with Crippen LogP contribution in [0.15, 0.2) is 17.0 Å². The number of aromatic nitrogens is 4. The highest BCUT2D eigenvalue weighted by molar-refractivity contribution is 9.10. The standard InChI is InChI=1S/C6H5BrN4/c1-4-9-10-6-2-8-5(7)3-11(4)6/h2-3H,1H3. The van der Waals surface area contributed by atoms with Gasteiger partial charge in [-0.3, -0.25) is 4.40 Å². The van der Waals surface area contributed by atoms with Crippen molar-refractivity contribution in [2.45, 2.75) is 6.92 Å². The molecule has 0 aliphatic rings. The molecule has 56 valence electrons. The van der Waals surface area contributed by atoms with E-state index in [1.165, 1.54) is 0 Å². The van der Waals surface area contributed by atoms with E-state index < -0.39 is 0 Å². The number of hydrogen-bond donors (Lipinski definition) is 0. The molecule has 0 saturated heterocycles. The van der Waals surface area contributed by atoms with E-state index in [0.29, 0.717) is 0 Å². The Balaban J connectivity index is 2.87. The number of halogens is 1. The molecule has 0 radical (unpaired) electrons. The first-order valence-corrected chi connectivity index (χ1v) is 3.89.